The zero-order chi connectivity index (χ0) is 16.2. The Kier molecular flexibility index (Phi) is 6.52. The quantitative estimate of drug-likeness (QED) is 0.791. The summed E-state index contributed by atoms with van der Waals surface area (Å²) in [5.41, 5.74) is -0.236. The molecule has 0 fully saturated rings. The lowest BCUT2D eigenvalue weighted by molar-refractivity contribution is 0.209. The standard InChI is InChI=1S/C14H30N2O3S/c1-8-20(18,19)9-11(2)15-12(17)16-14(6,7)10-13(3,4)5/h11H,8-10H2,1-7H3,(H2,15,16,17). The Bertz CT molecular complexity index is 422. The van der Waals surface area contributed by atoms with Crippen molar-refractivity contribution in [2.24, 2.45) is 5.41 Å². The van der Waals surface area contributed by atoms with E-state index in [1.807, 2.05) is 13.8 Å². The van der Waals surface area contributed by atoms with Crippen molar-refractivity contribution in [3.8, 4) is 0 Å². The Morgan fingerprint density at radius 2 is 1.65 bits per heavy atom. The van der Waals surface area contributed by atoms with Crippen molar-refractivity contribution in [2.45, 2.75) is 66.5 Å². The molecule has 1 unspecified atom stereocenters. The predicted octanol–water partition coefficient (Wildman–Crippen LogP) is 2.32. The Morgan fingerprint density at radius 3 is 2.05 bits per heavy atom. The topological polar surface area (TPSA) is 75.3 Å². The van der Waals surface area contributed by atoms with Gasteiger partial charge in [-0.1, -0.05) is 27.7 Å². The highest BCUT2D eigenvalue weighted by atomic mass is 32.2. The van der Waals surface area contributed by atoms with E-state index < -0.39 is 15.9 Å². The minimum absolute atomic E-state index is 0.0311. The predicted molar refractivity (Wildman–Crippen MR) is 83.6 cm³/mol. The summed E-state index contributed by atoms with van der Waals surface area (Å²) in [6.45, 7) is 13.6. The molecule has 0 saturated heterocycles. The van der Waals surface area contributed by atoms with Crippen LogP contribution in [0.2, 0.25) is 0 Å². The molecule has 2 amide bonds. The van der Waals surface area contributed by atoms with E-state index in [4.69, 9.17) is 0 Å². The molecule has 120 valence electrons. The summed E-state index contributed by atoms with van der Waals surface area (Å²) in [4.78, 5) is 11.9. The van der Waals surface area contributed by atoms with Crippen molar-refractivity contribution in [1.82, 2.24) is 10.6 Å². The first-order valence-corrected chi connectivity index (χ1v) is 8.87. The number of nitrogens with one attached hydrogen (secondary N) is 2. The molecule has 20 heavy (non-hydrogen) atoms. The van der Waals surface area contributed by atoms with Gasteiger partial charge in [-0.25, -0.2) is 13.2 Å². The summed E-state index contributed by atoms with van der Waals surface area (Å²) in [7, 11) is -3.08. The second-order valence-corrected chi connectivity index (χ2v) is 9.72. The number of urea groups is 1. The van der Waals surface area contributed by atoms with Crippen LogP contribution in [0.15, 0.2) is 0 Å². The third-order valence-corrected chi connectivity index (χ3v) is 4.63. The van der Waals surface area contributed by atoms with Gasteiger partial charge >= 0.3 is 6.03 Å². The highest BCUT2D eigenvalue weighted by molar-refractivity contribution is 7.91. The van der Waals surface area contributed by atoms with Crippen molar-refractivity contribution in [3.63, 3.8) is 0 Å². The van der Waals surface area contributed by atoms with Gasteiger partial charge in [0.15, 0.2) is 9.84 Å². The molecule has 0 bridgehead atoms. The van der Waals surface area contributed by atoms with Crippen LogP contribution < -0.4 is 10.6 Å². The van der Waals surface area contributed by atoms with Crippen LogP contribution in [0.1, 0.15) is 54.9 Å². The van der Waals surface area contributed by atoms with Crippen LogP contribution >= 0.6 is 0 Å². The molecule has 5 nitrogen and oxygen atoms in total. The summed E-state index contributed by atoms with van der Waals surface area (Å²) < 4.78 is 23.0. The second-order valence-electron chi connectivity index (χ2n) is 7.32. The summed E-state index contributed by atoms with van der Waals surface area (Å²) >= 11 is 0. The summed E-state index contributed by atoms with van der Waals surface area (Å²) in [6, 6.07) is -0.719. The average molecular weight is 306 g/mol. The van der Waals surface area contributed by atoms with E-state index in [9.17, 15) is 13.2 Å². The van der Waals surface area contributed by atoms with Crippen molar-refractivity contribution < 1.29 is 13.2 Å². The van der Waals surface area contributed by atoms with Gasteiger partial charge in [0.05, 0.1) is 5.75 Å². The highest BCUT2D eigenvalue weighted by Crippen LogP contribution is 2.26. The van der Waals surface area contributed by atoms with Crippen LogP contribution in [-0.2, 0) is 9.84 Å². The fourth-order valence-corrected chi connectivity index (χ4v) is 3.56. The monoisotopic (exact) mass is 306 g/mol. The number of hydrogen-bond acceptors (Lipinski definition) is 3. The largest absolute Gasteiger partial charge is 0.335 e. The van der Waals surface area contributed by atoms with Crippen molar-refractivity contribution in [3.05, 3.63) is 0 Å². The number of carbonyl (C=O) groups is 1. The summed E-state index contributed by atoms with van der Waals surface area (Å²) in [6.07, 6.45) is 0.828. The van der Waals surface area contributed by atoms with E-state index in [0.29, 0.717) is 0 Å². The van der Waals surface area contributed by atoms with Gasteiger partial charge in [0.2, 0.25) is 0 Å². The number of hydrogen-bond donors (Lipinski definition) is 2. The molecule has 0 heterocycles. The lowest BCUT2D eigenvalue weighted by atomic mass is 9.82. The van der Waals surface area contributed by atoms with Crippen LogP contribution in [0.3, 0.4) is 0 Å². The smallest absolute Gasteiger partial charge is 0.315 e. The third-order valence-electron chi connectivity index (χ3n) is 2.75. The first-order chi connectivity index (χ1) is 8.76. The van der Waals surface area contributed by atoms with Crippen LogP contribution in [0, 0.1) is 5.41 Å². The van der Waals surface area contributed by atoms with Crippen LogP contribution in [0.4, 0.5) is 4.79 Å². The normalized spacial score (nSPS) is 14.8. The maximum Gasteiger partial charge on any atom is 0.315 e. The molecule has 2 N–H and O–H groups in total. The lowest BCUT2D eigenvalue weighted by Gasteiger charge is -2.33. The van der Waals surface area contributed by atoms with E-state index in [0.717, 1.165) is 6.42 Å². The molecular weight excluding hydrogens is 276 g/mol. The van der Waals surface area contributed by atoms with Crippen molar-refractivity contribution in [2.75, 3.05) is 11.5 Å². The number of rotatable bonds is 6. The van der Waals surface area contributed by atoms with E-state index in [1.54, 1.807) is 13.8 Å². The first-order valence-electron chi connectivity index (χ1n) is 7.05. The molecule has 0 rings (SSSR count). The summed E-state index contributed by atoms with van der Waals surface area (Å²) in [5, 5.41) is 5.59. The molecule has 0 saturated carbocycles. The van der Waals surface area contributed by atoms with Crippen LogP contribution in [0.5, 0.6) is 0 Å². The zero-order valence-electron chi connectivity index (χ0n) is 13.8. The zero-order valence-corrected chi connectivity index (χ0v) is 14.6. The van der Waals surface area contributed by atoms with Gasteiger partial charge in [-0.3, -0.25) is 0 Å². The fraction of sp³-hybridized carbons (Fsp3) is 0.929. The molecule has 0 aliphatic rings. The van der Waals surface area contributed by atoms with Crippen LogP contribution in [-0.4, -0.2) is 37.5 Å². The molecule has 0 spiro atoms. The van der Waals surface area contributed by atoms with Gasteiger partial charge in [-0.15, -0.1) is 0 Å². The van der Waals surface area contributed by atoms with E-state index in [2.05, 4.69) is 31.4 Å². The van der Waals surface area contributed by atoms with E-state index in [-0.39, 0.29) is 28.5 Å². The van der Waals surface area contributed by atoms with Gasteiger partial charge < -0.3 is 10.6 Å². The lowest BCUT2D eigenvalue weighted by Crippen LogP contribution is -2.52. The van der Waals surface area contributed by atoms with Gasteiger partial charge in [0.1, 0.15) is 0 Å². The maximum atomic E-state index is 11.9. The van der Waals surface area contributed by atoms with Crippen molar-refractivity contribution >= 4 is 15.9 Å². The molecule has 1 atom stereocenters. The number of carbonyl (C=O) groups excluding carboxylic acids is 1. The Hall–Kier alpha value is -0.780. The molecule has 0 aliphatic carbocycles. The minimum Gasteiger partial charge on any atom is -0.335 e. The Balaban J connectivity index is 4.43. The summed E-state index contributed by atoms with van der Waals surface area (Å²) in [5.74, 6) is 0.0623. The van der Waals surface area contributed by atoms with Crippen molar-refractivity contribution in [1.29, 1.82) is 0 Å². The number of amides is 2. The fourth-order valence-electron chi connectivity index (χ4n) is 2.48. The molecule has 0 radical (unpaired) electrons. The van der Waals surface area contributed by atoms with Gasteiger partial charge in [0.25, 0.3) is 0 Å². The molecule has 6 heteroatoms. The first kappa shape index (κ1) is 19.2. The van der Waals surface area contributed by atoms with Crippen LogP contribution in [0.25, 0.3) is 0 Å². The third kappa shape index (κ3) is 9.18. The molecule has 0 aromatic heterocycles. The Labute approximate surface area is 123 Å². The maximum absolute atomic E-state index is 11.9. The van der Waals surface area contributed by atoms with Gasteiger partial charge in [-0.05, 0) is 32.6 Å². The minimum atomic E-state index is -3.08. The molecule has 0 aromatic rings. The van der Waals surface area contributed by atoms with E-state index in [1.165, 1.54) is 0 Å². The SMILES string of the molecule is CCS(=O)(=O)CC(C)NC(=O)NC(C)(C)CC(C)(C)C. The molecular formula is C14H30N2O3S. The highest BCUT2D eigenvalue weighted by Gasteiger charge is 2.27. The molecule has 0 aromatic carbocycles. The molecule has 0 aliphatic heterocycles. The van der Waals surface area contributed by atoms with Gasteiger partial charge in [-0.2, -0.15) is 0 Å². The average Bonchev–Trinajstić information content (AvgIpc) is 2.10. The van der Waals surface area contributed by atoms with Gasteiger partial charge in [0, 0.05) is 17.3 Å². The second kappa shape index (κ2) is 6.78. The Morgan fingerprint density at radius 1 is 1.15 bits per heavy atom. The van der Waals surface area contributed by atoms with E-state index >= 15 is 0 Å². The number of sulfone groups is 1.